The molecule has 2 aromatic heterocycles. The standard InChI is InChI=1S/C18H18N2O4/c1-12(2)16-10-19-17(24-16)11-23-14-6-3-5-13(9-14)20-18(21)15-7-4-8-22-15/h3-10,12H,11H2,1-2H3,(H,20,21). The highest BCUT2D eigenvalue weighted by molar-refractivity contribution is 6.02. The van der Waals surface area contributed by atoms with Gasteiger partial charge in [-0.15, -0.1) is 0 Å². The van der Waals surface area contributed by atoms with Gasteiger partial charge in [0.1, 0.15) is 11.5 Å². The molecule has 0 fully saturated rings. The van der Waals surface area contributed by atoms with Gasteiger partial charge in [-0.05, 0) is 24.3 Å². The first kappa shape index (κ1) is 15.9. The lowest BCUT2D eigenvalue weighted by Crippen LogP contribution is -2.10. The number of aromatic nitrogens is 1. The smallest absolute Gasteiger partial charge is 0.291 e. The molecule has 1 N–H and O–H groups in total. The molecule has 0 unspecified atom stereocenters. The number of carbonyl (C=O) groups is 1. The fourth-order valence-electron chi connectivity index (χ4n) is 2.07. The van der Waals surface area contributed by atoms with E-state index in [4.69, 9.17) is 13.6 Å². The zero-order valence-electron chi connectivity index (χ0n) is 13.5. The third-order valence-electron chi connectivity index (χ3n) is 3.34. The molecule has 6 heteroatoms. The highest BCUT2D eigenvalue weighted by atomic mass is 16.5. The van der Waals surface area contributed by atoms with Crippen molar-refractivity contribution >= 4 is 11.6 Å². The summed E-state index contributed by atoms with van der Waals surface area (Å²) < 4.78 is 16.3. The summed E-state index contributed by atoms with van der Waals surface area (Å²) in [6.45, 7) is 4.30. The Balaban J connectivity index is 1.61. The molecule has 6 nitrogen and oxygen atoms in total. The normalized spacial score (nSPS) is 10.8. The zero-order valence-corrected chi connectivity index (χ0v) is 13.5. The summed E-state index contributed by atoms with van der Waals surface area (Å²) in [6.07, 6.45) is 3.17. The van der Waals surface area contributed by atoms with E-state index < -0.39 is 0 Å². The van der Waals surface area contributed by atoms with E-state index in [1.165, 1.54) is 6.26 Å². The molecule has 0 spiro atoms. The first-order chi connectivity index (χ1) is 11.6. The van der Waals surface area contributed by atoms with Gasteiger partial charge in [0.15, 0.2) is 12.4 Å². The largest absolute Gasteiger partial charge is 0.484 e. The lowest BCUT2D eigenvalue weighted by Gasteiger charge is -2.07. The molecule has 0 aliphatic heterocycles. The molecule has 0 saturated carbocycles. The molecular formula is C18H18N2O4. The lowest BCUT2D eigenvalue weighted by atomic mass is 10.2. The van der Waals surface area contributed by atoms with E-state index in [0.717, 1.165) is 5.76 Å². The fourth-order valence-corrected chi connectivity index (χ4v) is 2.07. The maximum Gasteiger partial charge on any atom is 0.291 e. The van der Waals surface area contributed by atoms with E-state index in [0.29, 0.717) is 17.3 Å². The van der Waals surface area contributed by atoms with Gasteiger partial charge in [-0.1, -0.05) is 19.9 Å². The third-order valence-corrected chi connectivity index (χ3v) is 3.34. The molecule has 0 aliphatic rings. The second-order valence-corrected chi connectivity index (χ2v) is 5.56. The van der Waals surface area contributed by atoms with Crippen LogP contribution in [0.15, 0.2) is 57.7 Å². The average molecular weight is 326 g/mol. The second kappa shape index (κ2) is 7.04. The molecule has 0 aliphatic carbocycles. The summed E-state index contributed by atoms with van der Waals surface area (Å²) in [7, 11) is 0. The van der Waals surface area contributed by atoms with Crippen molar-refractivity contribution in [1.29, 1.82) is 0 Å². The Morgan fingerprint density at radius 2 is 2.17 bits per heavy atom. The highest BCUT2D eigenvalue weighted by Gasteiger charge is 2.10. The van der Waals surface area contributed by atoms with Crippen LogP contribution in [0, 0.1) is 0 Å². The number of hydrogen-bond acceptors (Lipinski definition) is 5. The maximum absolute atomic E-state index is 12.0. The van der Waals surface area contributed by atoms with E-state index in [2.05, 4.69) is 10.3 Å². The number of nitrogens with zero attached hydrogens (tertiary/aromatic N) is 1. The van der Waals surface area contributed by atoms with Crippen LogP contribution >= 0.6 is 0 Å². The Bertz CT molecular complexity index is 806. The molecule has 24 heavy (non-hydrogen) atoms. The number of anilines is 1. The Hall–Kier alpha value is -3.02. The van der Waals surface area contributed by atoms with Crippen molar-refractivity contribution in [1.82, 2.24) is 4.98 Å². The highest BCUT2D eigenvalue weighted by Crippen LogP contribution is 2.20. The molecule has 0 saturated heterocycles. The van der Waals surface area contributed by atoms with E-state index in [1.807, 2.05) is 13.8 Å². The number of furan rings is 1. The van der Waals surface area contributed by atoms with Gasteiger partial charge in [0.25, 0.3) is 5.91 Å². The number of hydrogen-bond donors (Lipinski definition) is 1. The van der Waals surface area contributed by atoms with Crippen molar-refractivity contribution in [2.75, 3.05) is 5.32 Å². The topological polar surface area (TPSA) is 77.5 Å². The van der Waals surface area contributed by atoms with Gasteiger partial charge in [0.2, 0.25) is 5.89 Å². The van der Waals surface area contributed by atoms with Crippen LogP contribution in [-0.4, -0.2) is 10.9 Å². The first-order valence-corrected chi connectivity index (χ1v) is 7.64. The van der Waals surface area contributed by atoms with E-state index in [-0.39, 0.29) is 24.2 Å². The minimum absolute atomic E-state index is 0.225. The van der Waals surface area contributed by atoms with Crippen LogP contribution in [0.25, 0.3) is 0 Å². The molecule has 0 atom stereocenters. The van der Waals surface area contributed by atoms with Gasteiger partial charge in [-0.25, -0.2) is 4.98 Å². The second-order valence-electron chi connectivity index (χ2n) is 5.56. The van der Waals surface area contributed by atoms with Crippen LogP contribution in [0.4, 0.5) is 5.69 Å². The van der Waals surface area contributed by atoms with Gasteiger partial charge in [-0.3, -0.25) is 4.79 Å². The SMILES string of the molecule is CC(C)c1cnc(COc2cccc(NC(=O)c3ccco3)c2)o1. The average Bonchev–Trinajstić information content (AvgIpc) is 3.25. The zero-order chi connectivity index (χ0) is 16.9. The van der Waals surface area contributed by atoms with Crippen molar-refractivity contribution in [2.24, 2.45) is 0 Å². The Kier molecular flexibility index (Phi) is 4.65. The molecule has 1 amide bonds. The molecular weight excluding hydrogens is 308 g/mol. The van der Waals surface area contributed by atoms with Crippen molar-refractivity contribution in [2.45, 2.75) is 26.4 Å². The van der Waals surface area contributed by atoms with Crippen LogP contribution in [0.5, 0.6) is 5.75 Å². The Morgan fingerprint density at radius 3 is 2.88 bits per heavy atom. The number of ether oxygens (including phenoxy) is 1. The number of oxazole rings is 1. The number of nitrogens with one attached hydrogen (secondary N) is 1. The van der Waals surface area contributed by atoms with Crippen LogP contribution in [0.2, 0.25) is 0 Å². The fraction of sp³-hybridized carbons (Fsp3) is 0.222. The van der Waals surface area contributed by atoms with Gasteiger partial charge >= 0.3 is 0 Å². The Labute approximate surface area is 139 Å². The number of amides is 1. The molecule has 3 rings (SSSR count). The van der Waals surface area contributed by atoms with Crippen molar-refractivity contribution in [3.8, 4) is 5.75 Å². The summed E-state index contributed by atoms with van der Waals surface area (Å²) in [6, 6.07) is 10.4. The summed E-state index contributed by atoms with van der Waals surface area (Å²) in [5, 5.41) is 2.75. The van der Waals surface area contributed by atoms with Crippen molar-refractivity contribution < 1.29 is 18.4 Å². The predicted octanol–water partition coefficient (Wildman–Crippen LogP) is 4.22. The maximum atomic E-state index is 12.0. The van der Waals surface area contributed by atoms with Crippen molar-refractivity contribution in [3.63, 3.8) is 0 Å². The van der Waals surface area contributed by atoms with E-state index in [1.54, 1.807) is 42.6 Å². The molecule has 0 bridgehead atoms. The van der Waals surface area contributed by atoms with Gasteiger partial charge in [0.05, 0.1) is 12.5 Å². The minimum atomic E-state index is -0.313. The number of benzene rings is 1. The third kappa shape index (κ3) is 3.84. The summed E-state index contributed by atoms with van der Waals surface area (Å²) in [4.78, 5) is 16.1. The van der Waals surface area contributed by atoms with Crippen LogP contribution in [-0.2, 0) is 6.61 Å². The first-order valence-electron chi connectivity index (χ1n) is 7.64. The predicted molar refractivity (Wildman–Crippen MR) is 88.0 cm³/mol. The summed E-state index contributed by atoms with van der Waals surface area (Å²) >= 11 is 0. The Morgan fingerprint density at radius 1 is 1.29 bits per heavy atom. The van der Waals surface area contributed by atoms with Gasteiger partial charge in [0, 0.05) is 17.7 Å². The molecule has 124 valence electrons. The molecule has 2 heterocycles. The number of rotatable bonds is 6. The lowest BCUT2D eigenvalue weighted by molar-refractivity contribution is 0.0996. The molecule has 1 aromatic carbocycles. The monoisotopic (exact) mass is 326 g/mol. The van der Waals surface area contributed by atoms with E-state index >= 15 is 0 Å². The van der Waals surface area contributed by atoms with Crippen LogP contribution < -0.4 is 10.1 Å². The minimum Gasteiger partial charge on any atom is -0.484 e. The summed E-state index contributed by atoms with van der Waals surface area (Å²) in [5.41, 5.74) is 0.615. The van der Waals surface area contributed by atoms with Crippen LogP contribution in [0.3, 0.4) is 0 Å². The quantitative estimate of drug-likeness (QED) is 0.733. The van der Waals surface area contributed by atoms with Crippen LogP contribution in [0.1, 0.15) is 42.0 Å². The van der Waals surface area contributed by atoms with Crippen molar-refractivity contribution in [3.05, 3.63) is 66.3 Å². The summed E-state index contributed by atoms with van der Waals surface area (Å²) in [5.74, 6) is 2.17. The molecule has 3 aromatic rings. The van der Waals surface area contributed by atoms with Gasteiger partial charge in [-0.2, -0.15) is 0 Å². The molecule has 0 radical (unpaired) electrons. The van der Waals surface area contributed by atoms with E-state index in [9.17, 15) is 4.79 Å². The number of carbonyl (C=O) groups excluding carboxylic acids is 1. The van der Waals surface area contributed by atoms with Gasteiger partial charge < -0.3 is 18.9 Å².